The summed E-state index contributed by atoms with van der Waals surface area (Å²) in [6, 6.07) is 13.1. The lowest BCUT2D eigenvalue weighted by molar-refractivity contribution is 0.00830. The number of benzene rings is 2. The summed E-state index contributed by atoms with van der Waals surface area (Å²) in [7, 11) is 3.71. The van der Waals surface area contributed by atoms with Gasteiger partial charge in [-0.05, 0) is 80.6 Å². The smallest absolute Gasteiger partial charge is 0.407 e. The van der Waals surface area contributed by atoms with Gasteiger partial charge in [0.2, 0.25) is 0 Å². The first kappa shape index (κ1) is 30.0. The molecule has 0 radical (unpaired) electrons. The number of halogens is 1. The van der Waals surface area contributed by atoms with Crippen molar-refractivity contribution in [1.82, 2.24) is 19.8 Å². The number of fused-ring (bicyclic) bond motifs is 2. The molecule has 1 aromatic heterocycles. The summed E-state index contributed by atoms with van der Waals surface area (Å²) in [4.78, 5) is 25.0. The number of nitrogens with zero attached hydrogens (tertiary/aromatic N) is 3. The van der Waals surface area contributed by atoms with Crippen molar-refractivity contribution in [3.05, 3.63) is 65.2 Å². The van der Waals surface area contributed by atoms with Crippen molar-refractivity contribution < 1.29 is 19.0 Å². The maximum atomic E-state index is 14.2. The van der Waals surface area contributed by atoms with Gasteiger partial charge in [-0.15, -0.1) is 0 Å². The van der Waals surface area contributed by atoms with E-state index in [0.29, 0.717) is 32.4 Å². The lowest BCUT2D eigenvalue weighted by atomic mass is 9.63. The van der Waals surface area contributed by atoms with Crippen LogP contribution < -0.4 is 0 Å². The third kappa shape index (κ3) is 6.18. The number of imidazole rings is 1. The molecule has 0 aliphatic heterocycles. The molecule has 0 saturated heterocycles. The zero-order valence-corrected chi connectivity index (χ0v) is 24.8. The maximum Gasteiger partial charge on any atom is 0.407 e. The van der Waals surface area contributed by atoms with Crippen LogP contribution in [-0.4, -0.2) is 76.9 Å². The number of aromatic nitrogens is 2. The Bertz CT molecular complexity index is 1270. The molecule has 4 rings (SSSR count). The summed E-state index contributed by atoms with van der Waals surface area (Å²) in [5, 5.41) is 10.5. The fraction of sp³-hybridized carbons (Fsp3) is 0.562. The number of carboxylic acid groups (broad SMARTS) is 1. The number of methoxy groups -OCH3 is 1. The van der Waals surface area contributed by atoms with Crippen LogP contribution in [0.25, 0.3) is 11.0 Å². The number of aryl methyl sites for hydroxylation is 1. The van der Waals surface area contributed by atoms with E-state index < -0.39 is 11.6 Å². The van der Waals surface area contributed by atoms with Gasteiger partial charge in [0.1, 0.15) is 11.6 Å². The minimum Gasteiger partial charge on any atom is -0.465 e. The van der Waals surface area contributed by atoms with Gasteiger partial charge in [-0.2, -0.15) is 0 Å². The molecule has 218 valence electrons. The van der Waals surface area contributed by atoms with Gasteiger partial charge in [-0.3, -0.25) is 4.90 Å². The highest BCUT2D eigenvalue weighted by molar-refractivity contribution is 5.75. The largest absolute Gasteiger partial charge is 0.465 e. The molecule has 2 N–H and O–H groups in total. The predicted molar refractivity (Wildman–Crippen MR) is 157 cm³/mol. The second-order valence-corrected chi connectivity index (χ2v) is 12.4. The highest BCUT2D eigenvalue weighted by Crippen LogP contribution is 2.49. The number of aromatic amines is 1. The molecule has 1 heterocycles. The van der Waals surface area contributed by atoms with E-state index >= 15 is 0 Å². The van der Waals surface area contributed by atoms with Gasteiger partial charge in [0.25, 0.3) is 0 Å². The molecule has 1 aliphatic rings. The van der Waals surface area contributed by atoms with Crippen LogP contribution in [0.1, 0.15) is 69.8 Å². The molecule has 0 bridgehead atoms. The molecular weight excluding hydrogens is 507 g/mol. The molecule has 40 heavy (non-hydrogen) atoms. The number of para-hydroxylation sites is 2. The molecular formula is C32H45FN4O3. The Labute approximate surface area is 237 Å². The Morgan fingerprint density at radius 3 is 2.65 bits per heavy atom. The SMILES string of the molecule is COCCN(C(=O)O)[C@]1(CCN(C)CCC(C)(C)c2nc3ccccc3[nH]2)CCc2cc(F)ccc2[C@@H]1C(C)C. The average Bonchev–Trinajstić information content (AvgIpc) is 3.36. The van der Waals surface area contributed by atoms with Crippen LogP contribution in [0.2, 0.25) is 0 Å². The van der Waals surface area contributed by atoms with E-state index in [1.807, 2.05) is 30.3 Å². The van der Waals surface area contributed by atoms with Crippen molar-refractivity contribution in [3.63, 3.8) is 0 Å². The zero-order chi connectivity index (χ0) is 29.1. The molecule has 1 amide bonds. The predicted octanol–water partition coefficient (Wildman–Crippen LogP) is 6.44. The summed E-state index contributed by atoms with van der Waals surface area (Å²) < 4.78 is 19.5. The number of ether oxygens (including phenoxy) is 1. The molecule has 0 spiro atoms. The van der Waals surface area contributed by atoms with Gasteiger partial charge >= 0.3 is 6.09 Å². The first-order chi connectivity index (χ1) is 19.0. The summed E-state index contributed by atoms with van der Waals surface area (Å²) in [5.74, 6) is 0.859. The molecule has 7 nitrogen and oxygen atoms in total. The molecule has 8 heteroatoms. The molecule has 0 unspecified atom stereocenters. The van der Waals surface area contributed by atoms with E-state index in [9.17, 15) is 14.3 Å². The average molecular weight is 553 g/mol. The van der Waals surface area contributed by atoms with Gasteiger partial charge in [-0.25, -0.2) is 14.2 Å². The normalized spacial score (nSPS) is 19.4. The number of H-pyrrole nitrogens is 1. The lowest BCUT2D eigenvalue weighted by Crippen LogP contribution is -2.60. The van der Waals surface area contributed by atoms with E-state index in [1.54, 1.807) is 18.1 Å². The summed E-state index contributed by atoms with van der Waals surface area (Å²) in [6.45, 7) is 10.9. The fourth-order valence-corrected chi connectivity index (χ4v) is 6.64. The molecule has 2 aromatic carbocycles. The highest BCUT2D eigenvalue weighted by Gasteiger charge is 2.50. The second kappa shape index (κ2) is 12.3. The lowest BCUT2D eigenvalue weighted by Gasteiger charge is -2.53. The number of carbonyl (C=O) groups is 1. The highest BCUT2D eigenvalue weighted by atomic mass is 19.1. The maximum absolute atomic E-state index is 14.2. The number of rotatable bonds is 12. The van der Waals surface area contributed by atoms with Crippen molar-refractivity contribution >= 4 is 17.1 Å². The fourth-order valence-electron chi connectivity index (χ4n) is 6.64. The molecule has 0 saturated carbocycles. The Hall–Kier alpha value is -2.97. The van der Waals surface area contributed by atoms with Crippen molar-refractivity contribution in [2.75, 3.05) is 40.4 Å². The summed E-state index contributed by atoms with van der Waals surface area (Å²) in [5.41, 5.74) is 3.31. The topological polar surface area (TPSA) is 81.7 Å². The van der Waals surface area contributed by atoms with Crippen LogP contribution in [0.4, 0.5) is 9.18 Å². The van der Waals surface area contributed by atoms with Gasteiger partial charge < -0.3 is 19.7 Å². The van der Waals surface area contributed by atoms with E-state index in [0.717, 1.165) is 47.5 Å². The van der Waals surface area contributed by atoms with Gasteiger partial charge in [0.15, 0.2) is 0 Å². The minimum atomic E-state index is -0.929. The Morgan fingerprint density at radius 1 is 1.23 bits per heavy atom. The van der Waals surface area contributed by atoms with E-state index in [-0.39, 0.29) is 23.1 Å². The summed E-state index contributed by atoms with van der Waals surface area (Å²) in [6.07, 6.45) is 1.96. The van der Waals surface area contributed by atoms with Crippen molar-refractivity contribution in [2.24, 2.45) is 5.92 Å². The van der Waals surface area contributed by atoms with Crippen LogP contribution >= 0.6 is 0 Å². The van der Waals surface area contributed by atoms with E-state index in [1.165, 1.54) is 6.07 Å². The van der Waals surface area contributed by atoms with Gasteiger partial charge in [-0.1, -0.05) is 45.9 Å². The van der Waals surface area contributed by atoms with E-state index in [2.05, 4.69) is 44.6 Å². The van der Waals surface area contributed by atoms with Crippen LogP contribution in [0.3, 0.4) is 0 Å². The van der Waals surface area contributed by atoms with Crippen molar-refractivity contribution in [3.8, 4) is 0 Å². The number of nitrogens with one attached hydrogen (secondary N) is 1. The van der Waals surface area contributed by atoms with Crippen molar-refractivity contribution in [2.45, 2.75) is 70.3 Å². The Balaban J connectivity index is 1.56. The first-order valence-electron chi connectivity index (χ1n) is 14.4. The first-order valence-corrected chi connectivity index (χ1v) is 14.4. The Kier molecular flexibility index (Phi) is 9.20. The van der Waals surface area contributed by atoms with Crippen LogP contribution in [0, 0.1) is 11.7 Å². The number of hydrogen-bond donors (Lipinski definition) is 2. The zero-order valence-electron chi connectivity index (χ0n) is 24.8. The minimum absolute atomic E-state index is 0.0507. The van der Waals surface area contributed by atoms with E-state index in [4.69, 9.17) is 9.72 Å². The van der Waals surface area contributed by atoms with Crippen molar-refractivity contribution in [1.29, 1.82) is 0 Å². The second-order valence-electron chi connectivity index (χ2n) is 12.4. The van der Waals surface area contributed by atoms with Gasteiger partial charge in [0, 0.05) is 31.5 Å². The Morgan fingerprint density at radius 2 is 1.98 bits per heavy atom. The van der Waals surface area contributed by atoms with Gasteiger partial charge in [0.05, 0.1) is 23.2 Å². The monoisotopic (exact) mass is 552 g/mol. The third-order valence-corrected chi connectivity index (χ3v) is 8.88. The molecule has 3 aromatic rings. The number of hydrogen-bond acceptors (Lipinski definition) is 4. The standard InChI is InChI=1S/C32H45FN4O3/c1-22(2)28-25-12-11-24(33)21-23(25)13-14-32(28,37(30(38)39)19-20-40-6)16-18-36(5)17-15-31(3,4)29-34-26-9-7-8-10-27(26)35-29/h7-12,21-22,28H,13-20H2,1-6H3,(H,34,35)(H,38,39)/t28-,32-/m0/s1. The van der Waals surface area contributed by atoms with Crippen LogP contribution in [0.15, 0.2) is 42.5 Å². The quantitative estimate of drug-likeness (QED) is 0.270. The van der Waals surface area contributed by atoms with Crippen LogP contribution in [-0.2, 0) is 16.6 Å². The van der Waals surface area contributed by atoms with Crippen LogP contribution in [0.5, 0.6) is 0 Å². The molecule has 2 atom stereocenters. The molecule has 0 fully saturated rings. The number of amides is 1. The summed E-state index contributed by atoms with van der Waals surface area (Å²) >= 11 is 0. The third-order valence-electron chi connectivity index (χ3n) is 8.88. The molecule has 1 aliphatic carbocycles.